The first kappa shape index (κ1) is 82.6. The molecule has 0 fully saturated rings. The van der Waals surface area contributed by atoms with E-state index in [0.29, 0.717) is 22.8 Å². The molecule has 0 aliphatic heterocycles. The van der Waals surface area contributed by atoms with E-state index in [1.54, 1.807) is 36.4 Å². The number of nitro groups is 1. The number of halogens is 4. The fraction of sp³-hybridized carbons (Fsp3) is 0.463. The number of non-ortho nitro benzene ring substituents is 1. The lowest BCUT2D eigenvalue weighted by Gasteiger charge is -2.18. The summed E-state index contributed by atoms with van der Waals surface area (Å²) in [5.41, 5.74) is 12.2. The van der Waals surface area contributed by atoms with E-state index in [1.807, 2.05) is 69.3 Å². The van der Waals surface area contributed by atoms with Gasteiger partial charge in [-0.05, 0) is 171 Å². The van der Waals surface area contributed by atoms with Crippen molar-refractivity contribution in [1.82, 2.24) is 0 Å². The number of carbonyl (C=O) groups excluding carboxylic acids is 1. The maximum atomic E-state index is 12.7. The number of nitro benzene ring substituents is 1. The van der Waals surface area contributed by atoms with Crippen LogP contribution in [0.5, 0.6) is 0 Å². The van der Waals surface area contributed by atoms with Gasteiger partial charge in [0.1, 0.15) is 5.82 Å². The minimum atomic E-state index is -4.24. The van der Waals surface area contributed by atoms with Crippen LogP contribution in [0, 0.1) is 72.1 Å². The molecule has 0 amide bonds. The van der Waals surface area contributed by atoms with Gasteiger partial charge in [-0.1, -0.05) is 272 Å². The van der Waals surface area contributed by atoms with Gasteiger partial charge in [0.15, 0.2) is 0 Å². The zero-order chi connectivity index (χ0) is 70.5. The molecule has 6 nitrogen and oxygen atoms in total. The molecular formula is C82H112F4N2O4. The van der Waals surface area contributed by atoms with Crippen molar-refractivity contribution in [2.45, 2.75) is 203 Å². The second-order valence-electron chi connectivity index (χ2n) is 32.4. The third kappa shape index (κ3) is 42.6. The van der Waals surface area contributed by atoms with Crippen LogP contribution in [-0.4, -0.2) is 18.0 Å². The molecule has 0 saturated carbocycles. The van der Waals surface area contributed by atoms with Crippen LogP contribution in [0.1, 0.15) is 211 Å². The summed E-state index contributed by atoms with van der Waals surface area (Å²) < 4.78 is 54.6. The van der Waals surface area contributed by atoms with Crippen LogP contribution in [0.4, 0.5) is 23.2 Å². The van der Waals surface area contributed by atoms with Crippen molar-refractivity contribution in [3.8, 4) is 6.07 Å². The number of hydrogen-bond donors (Lipinski definition) is 0. The molecule has 7 rings (SSSR count). The van der Waals surface area contributed by atoms with Crippen LogP contribution in [0.3, 0.4) is 0 Å². The van der Waals surface area contributed by atoms with Crippen LogP contribution in [0.2, 0.25) is 0 Å². The normalized spacial score (nSPS) is 11.6. The van der Waals surface area contributed by atoms with Crippen molar-refractivity contribution < 1.29 is 32.0 Å². The molecule has 0 aliphatic carbocycles. The van der Waals surface area contributed by atoms with Gasteiger partial charge in [-0.15, -0.1) is 0 Å². The Morgan fingerprint density at radius 1 is 0.424 bits per heavy atom. The van der Waals surface area contributed by atoms with Crippen molar-refractivity contribution >= 4 is 11.7 Å². The zero-order valence-electron chi connectivity index (χ0n) is 60.2. The molecule has 10 heteroatoms. The van der Waals surface area contributed by atoms with Crippen LogP contribution < -0.4 is 0 Å². The number of esters is 1. The minimum absolute atomic E-state index is 0.00419. The summed E-state index contributed by atoms with van der Waals surface area (Å²) in [6, 6.07) is 56.1. The predicted molar refractivity (Wildman–Crippen MR) is 380 cm³/mol. The number of aryl methyl sites for hydroxylation is 1. The number of ether oxygens (including phenoxy) is 1. The molecule has 7 aromatic rings. The second kappa shape index (κ2) is 37.4. The summed E-state index contributed by atoms with van der Waals surface area (Å²) in [4.78, 5) is 21.5. The van der Waals surface area contributed by atoms with E-state index >= 15 is 0 Å². The van der Waals surface area contributed by atoms with Crippen molar-refractivity contribution in [2.24, 2.45) is 37.9 Å². The monoisotopic (exact) mass is 1260 g/mol. The van der Waals surface area contributed by atoms with Crippen LogP contribution in [0.25, 0.3) is 0 Å². The van der Waals surface area contributed by atoms with Gasteiger partial charge in [-0.3, -0.25) is 10.1 Å². The molecule has 0 N–H and O–H groups in total. The topological polar surface area (TPSA) is 93.2 Å². The minimum Gasteiger partial charge on any atom is -0.465 e. The summed E-state index contributed by atoms with van der Waals surface area (Å²) in [5.74, 6) is -0.414. The van der Waals surface area contributed by atoms with Crippen molar-refractivity contribution in [1.29, 1.82) is 5.26 Å². The molecular weight excluding hydrogens is 1150 g/mol. The van der Waals surface area contributed by atoms with Crippen molar-refractivity contribution in [3.63, 3.8) is 0 Å². The van der Waals surface area contributed by atoms with E-state index in [-0.39, 0.29) is 49.5 Å². The van der Waals surface area contributed by atoms with E-state index in [9.17, 15) is 32.5 Å². The summed E-state index contributed by atoms with van der Waals surface area (Å²) in [5, 5.41) is 19.2. The molecule has 502 valence electrons. The molecule has 0 radical (unpaired) electrons. The lowest BCUT2D eigenvalue weighted by molar-refractivity contribution is -0.384. The zero-order valence-corrected chi connectivity index (χ0v) is 60.2. The number of nitrogens with zero attached hydrogens (tertiary/aromatic N) is 2. The number of nitriles is 1. The number of methoxy groups -OCH3 is 1. The number of alkyl halides is 3. The van der Waals surface area contributed by atoms with Gasteiger partial charge < -0.3 is 4.74 Å². The molecule has 0 atom stereocenters. The maximum Gasteiger partial charge on any atom is 0.416 e. The summed E-state index contributed by atoms with van der Waals surface area (Å²) >= 11 is 0. The Balaban J connectivity index is 0.000000538. The first-order valence-electron chi connectivity index (χ1n) is 31.9. The lowest BCUT2D eigenvalue weighted by Crippen LogP contribution is -2.11. The van der Waals surface area contributed by atoms with Crippen LogP contribution in [0.15, 0.2) is 176 Å². The Hall–Kier alpha value is -7.38. The first-order chi connectivity index (χ1) is 42.0. The van der Waals surface area contributed by atoms with Gasteiger partial charge in [0.25, 0.3) is 5.69 Å². The van der Waals surface area contributed by atoms with E-state index in [1.165, 1.54) is 59.2 Å². The van der Waals surface area contributed by atoms with Gasteiger partial charge in [0.2, 0.25) is 0 Å². The number of hydrogen-bond acceptors (Lipinski definition) is 5. The summed E-state index contributed by atoms with van der Waals surface area (Å²) in [6.07, 6.45) is 2.48. The fourth-order valence-corrected chi connectivity index (χ4v) is 9.67. The summed E-state index contributed by atoms with van der Waals surface area (Å²) in [7, 11) is 1.40. The summed E-state index contributed by atoms with van der Waals surface area (Å²) in [6.45, 7) is 47.7. The quantitative estimate of drug-likeness (QED) is 0.0621. The average Bonchev–Trinajstić information content (AvgIpc) is 0.913. The molecule has 0 bridgehead atoms. The highest BCUT2D eigenvalue weighted by Crippen LogP contribution is 2.32. The van der Waals surface area contributed by atoms with Crippen LogP contribution >= 0.6 is 0 Å². The Morgan fingerprint density at radius 3 is 1.15 bits per heavy atom. The second-order valence-corrected chi connectivity index (χ2v) is 32.4. The number of carbonyl (C=O) groups is 1. The Morgan fingerprint density at radius 2 is 0.761 bits per heavy atom. The van der Waals surface area contributed by atoms with Gasteiger partial charge in [-0.2, -0.15) is 18.4 Å². The fourth-order valence-electron chi connectivity index (χ4n) is 9.67. The first-order valence-corrected chi connectivity index (χ1v) is 31.9. The van der Waals surface area contributed by atoms with E-state index in [2.05, 4.69) is 203 Å². The van der Waals surface area contributed by atoms with E-state index < -0.39 is 11.7 Å². The maximum absolute atomic E-state index is 12.7. The highest BCUT2D eigenvalue weighted by molar-refractivity contribution is 5.89. The predicted octanol–water partition coefficient (Wildman–Crippen LogP) is 24.0. The molecule has 0 saturated heterocycles. The molecule has 0 spiro atoms. The Labute approximate surface area is 553 Å². The van der Waals surface area contributed by atoms with E-state index in [0.717, 1.165) is 66.8 Å². The third-order valence-corrected chi connectivity index (χ3v) is 12.7. The lowest BCUT2D eigenvalue weighted by atomic mass is 9.87. The number of rotatable bonds is 9. The van der Waals surface area contributed by atoms with Crippen LogP contribution in [-0.2, 0) is 55.9 Å². The highest BCUT2D eigenvalue weighted by atomic mass is 19.4. The Bertz CT molecular complexity index is 3270. The largest absolute Gasteiger partial charge is 0.465 e. The van der Waals surface area contributed by atoms with Gasteiger partial charge in [0.05, 0.1) is 34.8 Å². The highest BCUT2D eigenvalue weighted by Gasteiger charge is 2.30. The molecule has 0 unspecified atom stereocenters. The molecule has 7 aromatic carbocycles. The van der Waals surface area contributed by atoms with Crippen molar-refractivity contribution in [2.75, 3.05) is 7.11 Å². The Kier molecular flexibility index (Phi) is 33.5. The number of benzene rings is 7. The van der Waals surface area contributed by atoms with E-state index in [4.69, 9.17) is 5.26 Å². The SMILES string of the molecule is CC(C)(C)Cc1cccc(C#N)c1.CC(C)(C)Cc1cccc(C(F)(F)F)c1.CC(C)(C)Cc1cccc(F)c1.CC(C)(C)Cc1cccc([N+](=O)[O-])c1.CC(C)(C)Cc1ccccc1.COC(=O)c1cccc(CC(C)(C)C)c1.Cc1cccc(CC(C)(C)C)c1. The van der Waals surface area contributed by atoms with Crippen molar-refractivity contribution in [3.05, 3.63) is 253 Å². The molecule has 0 heterocycles. The molecule has 92 heavy (non-hydrogen) atoms. The molecule has 0 aliphatic rings. The van der Waals surface area contributed by atoms with Gasteiger partial charge in [-0.25, -0.2) is 9.18 Å². The third-order valence-electron chi connectivity index (χ3n) is 12.7. The van der Waals surface area contributed by atoms with Gasteiger partial charge in [0, 0.05) is 12.1 Å². The average molecular weight is 1270 g/mol. The standard InChI is InChI=1S/C13H18O2.C12H15F3.C12H15N.C12H18.C11H15F.C11H15NO2.C11H16/c1-13(2,3)9-10-6-5-7-11(8-10)12(14)15-4;1-11(2,3)8-9-5-4-6-10(7-9)12(13,14)15;1-12(2,3)8-10-5-4-6-11(7-10)9-13;1-10-6-5-7-11(8-10)9-12(2,3)4;1-11(2,3)8-9-5-4-6-10(12)7-9;1-11(2,3)8-9-5-4-6-10(7-9)12(13)14;1-11(2,3)9-10-7-5-4-6-8-10/h5-8H,9H2,1-4H3;4-7H,8H2,1-3H3;4-7H,8H2,1-3H3;5-8H,9H2,1-4H3;4-7H,8H2,1-3H3;4-7H,8H2,1-3H3;4-8H,9H2,1-3H3. The molecule has 0 aromatic heterocycles. The smallest absolute Gasteiger partial charge is 0.416 e. The van der Waals surface area contributed by atoms with Gasteiger partial charge >= 0.3 is 12.1 Å².